The van der Waals surface area contributed by atoms with Gasteiger partial charge in [0.15, 0.2) is 0 Å². The predicted octanol–water partition coefficient (Wildman–Crippen LogP) is 1.77. The predicted molar refractivity (Wildman–Crippen MR) is 52.4 cm³/mol. The first-order valence-electron chi connectivity index (χ1n) is 4.00. The molecule has 0 unspecified atom stereocenters. The first-order valence-corrected chi connectivity index (χ1v) is 4.38. The molecule has 5 heteroatoms. The molecule has 2 aromatic rings. The number of rotatable bonds is 2. The zero-order chi connectivity index (χ0) is 10.1. The highest BCUT2D eigenvalue weighted by atomic mass is 35.5. The standard InChI is InChI=1S/C9H7ClN2O2/c10-7-2-1-3-8-6(7)4-11-12(8)5-9(13)14/h1-4H,5H2,(H,13,14). The molecule has 14 heavy (non-hydrogen) atoms. The fourth-order valence-corrected chi connectivity index (χ4v) is 1.54. The molecule has 0 saturated carbocycles. The number of carboxylic acid groups (broad SMARTS) is 1. The summed E-state index contributed by atoms with van der Waals surface area (Å²) >= 11 is 5.91. The molecule has 4 nitrogen and oxygen atoms in total. The summed E-state index contributed by atoms with van der Waals surface area (Å²) in [5.41, 5.74) is 0.736. The van der Waals surface area contributed by atoms with Crippen LogP contribution < -0.4 is 0 Å². The van der Waals surface area contributed by atoms with Gasteiger partial charge in [0.2, 0.25) is 0 Å². The summed E-state index contributed by atoms with van der Waals surface area (Å²) in [6, 6.07) is 5.30. The minimum atomic E-state index is -0.921. The summed E-state index contributed by atoms with van der Waals surface area (Å²) in [4.78, 5) is 10.5. The van der Waals surface area contributed by atoms with Gasteiger partial charge in [-0.1, -0.05) is 17.7 Å². The van der Waals surface area contributed by atoms with E-state index in [0.717, 1.165) is 10.9 Å². The van der Waals surface area contributed by atoms with Crippen molar-refractivity contribution in [1.29, 1.82) is 0 Å². The second-order valence-electron chi connectivity index (χ2n) is 2.87. The van der Waals surface area contributed by atoms with Crippen LogP contribution in [-0.4, -0.2) is 20.9 Å². The molecule has 0 aliphatic heterocycles. The van der Waals surface area contributed by atoms with Crippen LogP contribution >= 0.6 is 11.6 Å². The van der Waals surface area contributed by atoms with Gasteiger partial charge in [0.25, 0.3) is 0 Å². The van der Waals surface area contributed by atoms with Gasteiger partial charge >= 0.3 is 5.97 Å². The SMILES string of the molecule is O=C(O)Cn1ncc2c(Cl)cccc21. The van der Waals surface area contributed by atoms with Gasteiger partial charge in [-0.3, -0.25) is 9.48 Å². The van der Waals surface area contributed by atoms with Gasteiger partial charge in [0.05, 0.1) is 16.7 Å². The fourth-order valence-electron chi connectivity index (χ4n) is 1.32. The van der Waals surface area contributed by atoms with E-state index in [1.165, 1.54) is 4.68 Å². The monoisotopic (exact) mass is 210 g/mol. The topological polar surface area (TPSA) is 55.1 Å². The lowest BCUT2D eigenvalue weighted by Crippen LogP contribution is -2.09. The maximum Gasteiger partial charge on any atom is 0.325 e. The van der Waals surface area contributed by atoms with Crippen molar-refractivity contribution in [2.24, 2.45) is 0 Å². The molecule has 0 spiro atoms. The lowest BCUT2D eigenvalue weighted by atomic mass is 10.2. The van der Waals surface area contributed by atoms with E-state index >= 15 is 0 Å². The summed E-state index contributed by atoms with van der Waals surface area (Å²) in [5.74, 6) is -0.921. The Labute approximate surface area is 84.7 Å². The van der Waals surface area contributed by atoms with E-state index in [9.17, 15) is 4.79 Å². The molecule has 1 aromatic heterocycles. The zero-order valence-electron chi connectivity index (χ0n) is 7.14. The van der Waals surface area contributed by atoms with Crippen molar-refractivity contribution in [2.75, 3.05) is 0 Å². The number of nitrogens with zero attached hydrogens (tertiary/aromatic N) is 2. The molecule has 1 N–H and O–H groups in total. The Morgan fingerprint density at radius 2 is 2.36 bits per heavy atom. The van der Waals surface area contributed by atoms with E-state index in [2.05, 4.69) is 5.10 Å². The van der Waals surface area contributed by atoms with Crippen molar-refractivity contribution >= 4 is 28.5 Å². The smallest absolute Gasteiger partial charge is 0.325 e. The molecule has 0 aliphatic rings. The van der Waals surface area contributed by atoms with Crippen molar-refractivity contribution in [2.45, 2.75) is 6.54 Å². The Morgan fingerprint density at radius 3 is 3.07 bits per heavy atom. The van der Waals surface area contributed by atoms with Gasteiger partial charge in [-0.2, -0.15) is 5.10 Å². The van der Waals surface area contributed by atoms with Gasteiger partial charge in [0.1, 0.15) is 6.54 Å². The largest absolute Gasteiger partial charge is 0.480 e. The zero-order valence-corrected chi connectivity index (χ0v) is 7.90. The van der Waals surface area contributed by atoms with Gasteiger partial charge in [0, 0.05) is 5.39 Å². The summed E-state index contributed by atoms with van der Waals surface area (Å²) in [5, 5.41) is 13.9. The van der Waals surface area contributed by atoms with Gasteiger partial charge < -0.3 is 5.11 Å². The molecule has 0 bridgehead atoms. The second kappa shape index (κ2) is 3.31. The van der Waals surface area contributed by atoms with Gasteiger partial charge in [-0.25, -0.2) is 0 Å². The molecule has 1 aromatic carbocycles. The van der Waals surface area contributed by atoms with Crippen LogP contribution in [0.4, 0.5) is 0 Å². The van der Waals surface area contributed by atoms with Gasteiger partial charge in [-0.05, 0) is 12.1 Å². The Bertz CT molecular complexity index is 493. The number of hydrogen-bond donors (Lipinski definition) is 1. The van der Waals surface area contributed by atoms with Crippen LogP contribution in [0.2, 0.25) is 5.02 Å². The second-order valence-corrected chi connectivity index (χ2v) is 3.28. The molecular formula is C9H7ClN2O2. The lowest BCUT2D eigenvalue weighted by molar-refractivity contribution is -0.137. The first kappa shape index (κ1) is 9.02. The van der Waals surface area contributed by atoms with Crippen molar-refractivity contribution in [3.8, 4) is 0 Å². The molecule has 0 saturated heterocycles. The number of hydrogen-bond acceptors (Lipinski definition) is 2. The maximum absolute atomic E-state index is 10.5. The third-order valence-corrected chi connectivity index (χ3v) is 2.25. The third kappa shape index (κ3) is 1.44. The molecule has 0 radical (unpaired) electrons. The van der Waals surface area contributed by atoms with E-state index in [1.807, 2.05) is 0 Å². The molecule has 0 aliphatic carbocycles. The van der Waals surface area contributed by atoms with E-state index in [0.29, 0.717) is 5.02 Å². The minimum absolute atomic E-state index is 0.149. The Morgan fingerprint density at radius 1 is 1.57 bits per heavy atom. The van der Waals surface area contributed by atoms with Crippen LogP contribution in [0.1, 0.15) is 0 Å². The van der Waals surface area contributed by atoms with Crippen molar-refractivity contribution in [1.82, 2.24) is 9.78 Å². The van der Waals surface area contributed by atoms with Crippen molar-refractivity contribution < 1.29 is 9.90 Å². The molecule has 0 atom stereocenters. The molecule has 2 rings (SSSR count). The number of aromatic nitrogens is 2. The van der Waals surface area contributed by atoms with E-state index in [-0.39, 0.29) is 6.54 Å². The number of halogens is 1. The molecule has 1 heterocycles. The van der Waals surface area contributed by atoms with Crippen LogP contribution in [-0.2, 0) is 11.3 Å². The third-order valence-electron chi connectivity index (χ3n) is 1.92. The number of fused-ring (bicyclic) bond motifs is 1. The van der Waals surface area contributed by atoms with E-state index in [4.69, 9.17) is 16.7 Å². The lowest BCUT2D eigenvalue weighted by Gasteiger charge is -1.98. The highest BCUT2D eigenvalue weighted by Gasteiger charge is 2.07. The average molecular weight is 211 g/mol. The minimum Gasteiger partial charge on any atom is -0.480 e. The summed E-state index contributed by atoms with van der Waals surface area (Å²) < 4.78 is 1.41. The van der Waals surface area contributed by atoms with Crippen LogP contribution in [0, 0.1) is 0 Å². The summed E-state index contributed by atoms with van der Waals surface area (Å²) in [6.07, 6.45) is 1.57. The van der Waals surface area contributed by atoms with Crippen LogP contribution in [0.25, 0.3) is 10.9 Å². The van der Waals surface area contributed by atoms with E-state index < -0.39 is 5.97 Å². The first-order chi connectivity index (χ1) is 6.68. The van der Waals surface area contributed by atoms with Crippen LogP contribution in [0.3, 0.4) is 0 Å². The molecular weight excluding hydrogens is 204 g/mol. The quantitative estimate of drug-likeness (QED) is 0.822. The average Bonchev–Trinajstić information content (AvgIpc) is 2.49. The van der Waals surface area contributed by atoms with Crippen molar-refractivity contribution in [3.63, 3.8) is 0 Å². The Hall–Kier alpha value is -1.55. The summed E-state index contributed by atoms with van der Waals surface area (Å²) in [7, 11) is 0. The number of carbonyl (C=O) groups is 1. The Balaban J connectivity index is 2.58. The van der Waals surface area contributed by atoms with E-state index in [1.54, 1.807) is 24.4 Å². The molecule has 0 amide bonds. The van der Waals surface area contributed by atoms with Crippen LogP contribution in [0.5, 0.6) is 0 Å². The maximum atomic E-state index is 10.5. The van der Waals surface area contributed by atoms with Gasteiger partial charge in [-0.15, -0.1) is 0 Å². The number of carboxylic acids is 1. The highest BCUT2D eigenvalue weighted by Crippen LogP contribution is 2.22. The fraction of sp³-hybridized carbons (Fsp3) is 0.111. The number of aliphatic carboxylic acids is 1. The molecule has 72 valence electrons. The van der Waals surface area contributed by atoms with Crippen LogP contribution in [0.15, 0.2) is 24.4 Å². The normalized spacial score (nSPS) is 10.6. The number of benzene rings is 1. The molecule has 0 fully saturated rings. The van der Waals surface area contributed by atoms with Crippen molar-refractivity contribution in [3.05, 3.63) is 29.4 Å². The Kier molecular flexibility index (Phi) is 2.13. The highest BCUT2D eigenvalue weighted by molar-refractivity contribution is 6.35. The summed E-state index contributed by atoms with van der Waals surface area (Å²) in [6.45, 7) is -0.149.